The maximum absolute atomic E-state index is 13.3. The van der Waals surface area contributed by atoms with Gasteiger partial charge in [0.15, 0.2) is 5.78 Å². The van der Waals surface area contributed by atoms with E-state index < -0.39 is 21.2 Å². The summed E-state index contributed by atoms with van der Waals surface area (Å²) in [6, 6.07) is 11.3. The highest BCUT2D eigenvalue weighted by molar-refractivity contribution is 7.90. The third-order valence-electron chi connectivity index (χ3n) is 9.85. The van der Waals surface area contributed by atoms with Crippen LogP contribution in [0.25, 0.3) is 0 Å². The summed E-state index contributed by atoms with van der Waals surface area (Å²) in [6.07, 6.45) is 8.60. The fourth-order valence-corrected chi connectivity index (χ4v) is 8.48. The number of nitrogens with one attached hydrogen (secondary N) is 1. The molecule has 1 N–H and O–H groups in total. The van der Waals surface area contributed by atoms with E-state index in [1.54, 1.807) is 37.3 Å². The number of ketones is 1. The molecular formula is C32H37ClN2O5S. The summed E-state index contributed by atoms with van der Waals surface area (Å²) in [4.78, 5) is 28.8. The Bertz CT molecular complexity index is 1520. The largest absolute Gasteiger partial charge is 0.490 e. The molecule has 2 unspecified atom stereocenters. The lowest BCUT2D eigenvalue weighted by molar-refractivity contribution is -0.122. The molecule has 4 aliphatic rings. The van der Waals surface area contributed by atoms with Crippen molar-refractivity contribution in [3.63, 3.8) is 0 Å². The average Bonchev–Trinajstić information content (AvgIpc) is 3.06. The van der Waals surface area contributed by atoms with Crippen LogP contribution in [0.4, 0.5) is 5.69 Å². The molecule has 218 valence electrons. The zero-order valence-electron chi connectivity index (χ0n) is 23.6. The van der Waals surface area contributed by atoms with Crippen LogP contribution in [0.2, 0.25) is 5.02 Å². The Hall–Kier alpha value is -2.84. The molecular weight excluding hydrogens is 560 g/mol. The number of aryl methyl sites for hydroxylation is 1. The molecule has 1 saturated carbocycles. The van der Waals surface area contributed by atoms with E-state index in [0.29, 0.717) is 31.9 Å². The van der Waals surface area contributed by atoms with E-state index in [9.17, 15) is 18.0 Å². The Kier molecular flexibility index (Phi) is 7.43. The van der Waals surface area contributed by atoms with Crippen molar-refractivity contribution in [2.45, 2.75) is 63.0 Å². The van der Waals surface area contributed by atoms with Crippen molar-refractivity contribution in [2.75, 3.05) is 24.6 Å². The molecule has 9 heteroatoms. The summed E-state index contributed by atoms with van der Waals surface area (Å²) in [6.45, 7) is 5.23. The number of carbonyl (C=O) groups is 2. The number of ether oxygens (including phenoxy) is 1. The Balaban J connectivity index is 1.43. The van der Waals surface area contributed by atoms with Gasteiger partial charge in [0.05, 0.1) is 17.5 Å². The quantitative estimate of drug-likeness (QED) is 0.435. The van der Waals surface area contributed by atoms with Gasteiger partial charge in [0, 0.05) is 35.0 Å². The van der Waals surface area contributed by atoms with E-state index in [4.69, 9.17) is 16.3 Å². The van der Waals surface area contributed by atoms with Crippen LogP contribution in [-0.2, 0) is 26.7 Å². The van der Waals surface area contributed by atoms with Crippen LogP contribution < -0.4 is 14.4 Å². The minimum absolute atomic E-state index is 0.0666. The summed E-state index contributed by atoms with van der Waals surface area (Å²) in [7, 11) is -3.93. The Morgan fingerprint density at radius 2 is 1.93 bits per heavy atom. The zero-order chi connectivity index (χ0) is 28.9. The molecule has 0 saturated heterocycles. The number of hydrogen-bond donors (Lipinski definition) is 1. The molecule has 2 aliphatic carbocycles. The summed E-state index contributed by atoms with van der Waals surface area (Å²) in [5, 5.41) is -0.0854. The van der Waals surface area contributed by atoms with E-state index >= 15 is 0 Å². The van der Waals surface area contributed by atoms with E-state index in [1.165, 1.54) is 11.1 Å². The van der Waals surface area contributed by atoms with Gasteiger partial charge >= 0.3 is 0 Å². The number of benzene rings is 2. The molecule has 0 radical (unpaired) electrons. The lowest BCUT2D eigenvalue weighted by Crippen LogP contribution is -2.49. The number of halogens is 1. The predicted octanol–water partition coefficient (Wildman–Crippen LogP) is 5.45. The van der Waals surface area contributed by atoms with Crippen molar-refractivity contribution in [1.29, 1.82) is 0 Å². The minimum Gasteiger partial charge on any atom is -0.490 e. The molecule has 6 rings (SSSR count). The smallest absolute Gasteiger partial charge is 0.264 e. The highest BCUT2D eigenvalue weighted by atomic mass is 35.5. The fraction of sp³-hybridized carbons (Fsp3) is 0.500. The molecule has 1 fully saturated rings. The standard InChI is InChI=1S/C32H37ClN2O5S/c1-20-5-3-7-29(36)26-11-8-24(26)17-35-18-32(14-4-6-22-15-25(33)10-12-27(22)32)19-40-30-13-9-23(16-28(30)35)31(37)34-41(38,39)21(20)2/h3,7,9-10,12-13,15-16,20-21,24,26H,4-6,8,11,14,17-19H2,1-2H3,(H,34,37)/b7-3+/t20?,21?,24-,26+,32-/m0/s1. The number of hydrogen-bond acceptors (Lipinski definition) is 6. The normalized spacial score (nSPS) is 32.0. The van der Waals surface area contributed by atoms with Gasteiger partial charge in [0.2, 0.25) is 10.0 Å². The third-order valence-corrected chi connectivity index (χ3v) is 12.0. The Morgan fingerprint density at radius 3 is 2.71 bits per heavy atom. The van der Waals surface area contributed by atoms with Crippen molar-refractivity contribution in [3.8, 4) is 5.75 Å². The highest BCUT2D eigenvalue weighted by Gasteiger charge is 2.44. The number of allylic oxidation sites excluding steroid dienone is 2. The second-order valence-corrected chi connectivity index (χ2v) is 14.9. The molecule has 2 aliphatic heterocycles. The van der Waals surface area contributed by atoms with Crippen LogP contribution in [0.1, 0.15) is 67.4 Å². The van der Waals surface area contributed by atoms with Gasteiger partial charge in [-0.3, -0.25) is 9.59 Å². The molecule has 2 heterocycles. The number of rotatable bonds is 0. The third kappa shape index (κ3) is 5.29. The first kappa shape index (κ1) is 28.3. The molecule has 41 heavy (non-hydrogen) atoms. The Morgan fingerprint density at radius 1 is 1.10 bits per heavy atom. The van der Waals surface area contributed by atoms with Crippen LogP contribution >= 0.6 is 11.6 Å². The number of carbonyl (C=O) groups excluding carboxylic acids is 2. The minimum atomic E-state index is -3.93. The van der Waals surface area contributed by atoms with Crippen LogP contribution in [-0.4, -0.2) is 45.1 Å². The number of anilines is 1. The first-order valence-electron chi connectivity index (χ1n) is 14.6. The lowest BCUT2D eigenvalue weighted by Gasteiger charge is -2.44. The predicted molar refractivity (Wildman–Crippen MR) is 160 cm³/mol. The van der Waals surface area contributed by atoms with Gasteiger partial charge in [-0.15, -0.1) is 0 Å². The first-order chi connectivity index (χ1) is 19.6. The number of sulfonamides is 1. The molecule has 1 amide bonds. The molecule has 5 atom stereocenters. The van der Waals surface area contributed by atoms with Gasteiger partial charge in [-0.25, -0.2) is 13.1 Å². The molecule has 2 aromatic carbocycles. The van der Waals surface area contributed by atoms with E-state index in [-0.39, 0.29) is 34.5 Å². The van der Waals surface area contributed by atoms with Crippen molar-refractivity contribution >= 4 is 39.0 Å². The SMILES string of the molecule is CC1C/C=C/C(=O)[C@@H]2CC[C@H]2CN2C[C@@]3(CCCc4cc(Cl)ccc43)COc3ccc(cc32)C(=O)NS(=O)(=O)C1C. The molecule has 0 aromatic heterocycles. The van der Waals surface area contributed by atoms with Crippen LogP contribution in [0.5, 0.6) is 5.75 Å². The zero-order valence-corrected chi connectivity index (χ0v) is 25.1. The number of fused-ring (bicyclic) bond motifs is 4. The highest BCUT2D eigenvalue weighted by Crippen LogP contribution is 2.46. The molecule has 2 bridgehead atoms. The Labute approximate surface area is 247 Å². The number of nitrogens with zero attached hydrogens (tertiary/aromatic N) is 1. The first-order valence-corrected chi connectivity index (χ1v) is 16.6. The summed E-state index contributed by atoms with van der Waals surface area (Å²) < 4.78 is 35.0. The van der Waals surface area contributed by atoms with Crippen molar-refractivity contribution in [3.05, 3.63) is 70.3 Å². The summed E-state index contributed by atoms with van der Waals surface area (Å²) >= 11 is 6.37. The summed E-state index contributed by atoms with van der Waals surface area (Å²) in [5.74, 6) is -0.0319. The van der Waals surface area contributed by atoms with Crippen molar-refractivity contribution < 1.29 is 22.7 Å². The van der Waals surface area contributed by atoms with E-state index in [2.05, 4.69) is 21.8 Å². The van der Waals surface area contributed by atoms with Gasteiger partial charge in [0.25, 0.3) is 5.91 Å². The lowest BCUT2D eigenvalue weighted by atomic mass is 9.68. The maximum atomic E-state index is 13.3. The van der Waals surface area contributed by atoms with Crippen LogP contribution in [0.15, 0.2) is 48.6 Å². The van der Waals surface area contributed by atoms with Gasteiger partial charge < -0.3 is 9.64 Å². The van der Waals surface area contributed by atoms with Crippen molar-refractivity contribution in [2.24, 2.45) is 17.8 Å². The number of amides is 1. The van der Waals surface area contributed by atoms with Crippen LogP contribution in [0, 0.1) is 17.8 Å². The van der Waals surface area contributed by atoms with Crippen LogP contribution in [0.3, 0.4) is 0 Å². The summed E-state index contributed by atoms with van der Waals surface area (Å²) in [5.41, 5.74) is 3.22. The maximum Gasteiger partial charge on any atom is 0.264 e. The van der Waals surface area contributed by atoms with Gasteiger partial charge in [0.1, 0.15) is 5.75 Å². The molecule has 1 spiro atoms. The molecule has 2 aromatic rings. The monoisotopic (exact) mass is 596 g/mol. The fourth-order valence-electron chi connectivity index (χ4n) is 7.00. The second-order valence-electron chi connectivity index (χ2n) is 12.4. The second kappa shape index (κ2) is 10.8. The van der Waals surface area contributed by atoms with Gasteiger partial charge in [-0.1, -0.05) is 30.7 Å². The van der Waals surface area contributed by atoms with E-state index in [1.807, 2.05) is 13.0 Å². The molecule has 7 nitrogen and oxygen atoms in total. The van der Waals surface area contributed by atoms with E-state index in [0.717, 1.165) is 42.8 Å². The topological polar surface area (TPSA) is 92.8 Å². The van der Waals surface area contributed by atoms with Gasteiger partial charge in [-0.2, -0.15) is 0 Å². The van der Waals surface area contributed by atoms with Gasteiger partial charge in [-0.05, 0) is 105 Å². The van der Waals surface area contributed by atoms with Crippen molar-refractivity contribution in [1.82, 2.24) is 4.72 Å². The average molecular weight is 597 g/mol.